The van der Waals surface area contributed by atoms with Crippen LogP contribution >= 0.6 is 12.2 Å². The maximum atomic E-state index is 5.58. The van der Waals surface area contributed by atoms with E-state index in [-0.39, 0.29) is 5.11 Å². The van der Waals surface area contributed by atoms with E-state index in [2.05, 4.69) is 29.6 Å². The summed E-state index contributed by atoms with van der Waals surface area (Å²) >= 11 is 4.66. The van der Waals surface area contributed by atoms with Gasteiger partial charge in [-0.3, -0.25) is 10.9 Å². The van der Waals surface area contributed by atoms with E-state index in [1.165, 1.54) is 0 Å². The molecule has 2 rings (SSSR count). The average molecular weight is 233 g/mol. The highest BCUT2D eigenvalue weighted by molar-refractivity contribution is 7.80. The van der Waals surface area contributed by atoms with Crippen LogP contribution in [0.4, 0.5) is 0 Å². The molecule has 1 heterocycles. The molecule has 4 N–H and O–H groups in total. The molecule has 4 nitrogen and oxygen atoms in total. The fraction of sp³-hybridized carbons (Fsp3) is 0. The van der Waals surface area contributed by atoms with Gasteiger partial charge in [-0.25, -0.2) is 0 Å². The van der Waals surface area contributed by atoms with E-state index >= 15 is 0 Å². The Morgan fingerprint density at radius 3 is 2.75 bits per heavy atom. The molecule has 0 bridgehead atoms. The molecule has 0 saturated carbocycles. The number of para-hydroxylation sites is 1. The molecule has 0 aliphatic heterocycles. The van der Waals surface area contributed by atoms with Gasteiger partial charge in [-0.2, -0.15) is 0 Å². The summed E-state index contributed by atoms with van der Waals surface area (Å²) in [5.41, 5.74) is 12.0. The average Bonchev–Trinajstić information content (AvgIpc) is 2.69. The Morgan fingerprint density at radius 2 is 2.06 bits per heavy atom. The van der Waals surface area contributed by atoms with Gasteiger partial charge in [0.25, 0.3) is 0 Å². The van der Waals surface area contributed by atoms with E-state index in [9.17, 15) is 0 Å². The monoisotopic (exact) mass is 233 g/mol. The number of fused-ring (bicyclic) bond motifs is 1. The third-order valence-electron chi connectivity index (χ3n) is 2.06. The lowest BCUT2D eigenvalue weighted by molar-refractivity contribution is 0.590. The Bertz CT molecular complexity index is 514. The van der Waals surface area contributed by atoms with Crippen LogP contribution < -0.4 is 16.6 Å². The van der Waals surface area contributed by atoms with Gasteiger partial charge in [-0.1, -0.05) is 24.8 Å². The predicted molar refractivity (Wildman–Crippen MR) is 68.3 cm³/mol. The molecule has 0 fully saturated rings. The van der Waals surface area contributed by atoms with Crippen molar-refractivity contribution in [3.63, 3.8) is 0 Å². The summed E-state index contributed by atoms with van der Waals surface area (Å²) in [4.78, 5) is 0. The fourth-order valence-electron chi connectivity index (χ4n) is 1.33. The summed E-state index contributed by atoms with van der Waals surface area (Å²) < 4.78 is 5.58. The zero-order chi connectivity index (χ0) is 11.5. The van der Waals surface area contributed by atoms with Crippen LogP contribution in [0.1, 0.15) is 5.76 Å². The minimum Gasteiger partial charge on any atom is -0.454 e. The molecule has 0 saturated heterocycles. The van der Waals surface area contributed by atoms with Crippen LogP contribution in [0, 0.1) is 0 Å². The van der Waals surface area contributed by atoms with Gasteiger partial charge in [0.1, 0.15) is 5.58 Å². The molecule has 1 aromatic heterocycles. The first-order valence-electron chi connectivity index (χ1n) is 4.66. The van der Waals surface area contributed by atoms with Crippen LogP contribution in [0.3, 0.4) is 0 Å². The van der Waals surface area contributed by atoms with Gasteiger partial charge >= 0.3 is 0 Å². The largest absolute Gasteiger partial charge is 0.454 e. The first-order chi connectivity index (χ1) is 7.66. The number of nitrogens with two attached hydrogens (primary N) is 1. The molecule has 0 spiro atoms. The van der Waals surface area contributed by atoms with E-state index in [1.54, 1.807) is 0 Å². The molecule has 16 heavy (non-hydrogen) atoms. The van der Waals surface area contributed by atoms with Crippen LogP contribution in [-0.2, 0) is 0 Å². The summed E-state index contributed by atoms with van der Waals surface area (Å²) in [6, 6.07) is 9.62. The van der Waals surface area contributed by atoms with Crippen molar-refractivity contribution in [1.29, 1.82) is 0 Å². The highest BCUT2D eigenvalue weighted by Crippen LogP contribution is 2.21. The maximum absolute atomic E-state index is 5.58. The van der Waals surface area contributed by atoms with Gasteiger partial charge < -0.3 is 10.2 Å². The highest BCUT2D eigenvalue weighted by Gasteiger charge is 2.05. The second-order valence-corrected chi connectivity index (χ2v) is 3.68. The summed E-state index contributed by atoms with van der Waals surface area (Å²) in [6.07, 6.45) is 0. The number of thiocarbonyl (C=S) groups is 1. The summed E-state index contributed by atoms with van der Waals surface area (Å²) in [5, 5.41) is 1.17. The van der Waals surface area contributed by atoms with Gasteiger partial charge in [0.05, 0.1) is 5.70 Å². The van der Waals surface area contributed by atoms with Gasteiger partial charge in [-0.15, -0.1) is 0 Å². The number of hydrazine groups is 1. The molecule has 0 radical (unpaired) electrons. The van der Waals surface area contributed by atoms with Gasteiger partial charge in [0, 0.05) is 5.39 Å². The van der Waals surface area contributed by atoms with Crippen molar-refractivity contribution in [3.8, 4) is 0 Å². The lowest BCUT2D eigenvalue weighted by atomic mass is 10.2. The lowest BCUT2D eigenvalue weighted by Crippen LogP contribution is -2.39. The second-order valence-electron chi connectivity index (χ2n) is 3.24. The molecule has 0 aliphatic rings. The molecule has 82 valence electrons. The Kier molecular flexibility index (Phi) is 2.78. The van der Waals surface area contributed by atoms with Gasteiger partial charge in [-0.05, 0) is 24.4 Å². The predicted octanol–water partition coefficient (Wildman–Crippen LogP) is 1.74. The van der Waals surface area contributed by atoms with Gasteiger partial charge in [0.2, 0.25) is 0 Å². The maximum Gasteiger partial charge on any atom is 0.182 e. The minimum absolute atomic E-state index is 0.150. The number of benzene rings is 1. The number of hydrogen-bond acceptors (Lipinski definition) is 3. The molecule has 0 aliphatic carbocycles. The fourth-order valence-corrected chi connectivity index (χ4v) is 1.38. The topological polar surface area (TPSA) is 63.2 Å². The second kappa shape index (κ2) is 4.24. The quantitative estimate of drug-likeness (QED) is 0.557. The van der Waals surface area contributed by atoms with Crippen molar-refractivity contribution in [3.05, 3.63) is 42.7 Å². The smallest absolute Gasteiger partial charge is 0.182 e. The Morgan fingerprint density at radius 1 is 1.31 bits per heavy atom. The first kappa shape index (κ1) is 10.5. The van der Waals surface area contributed by atoms with Crippen molar-refractivity contribution in [2.45, 2.75) is 0 Å². The third-order valence-corrected chi connectivity index (χ3v) is 2.16. The standard InChI is InChI=1S/C11H11N3OS/c1-7(13-14-11(12)16)10-6-8-4-2-3-5-9(8)15-10/h2-6,13H,1H2,(H3,12,14,16). The number of rotatable bonds is 3. The number of furan rings is 1. The Balaban J connectivity index is 2.20. The first-order valence-corrected chi connectivity index (χ1v) is 5.07. The molecule has 1 aromatic carbocycles. The third kappa shape index (κ3) is 2.14. The minimum atomic E-state index is 0.150. The number of hydrogen-bond donors (Lipinski definition) is 3. The zero-order valence-corrected chi connectivity index (χ0v) is 9.30. The van der Waals surface area contributed by atoms with Crippen LogP contribution in [-0.4, -0.2) is 5.11 Å². The van der Waals surface area contributed by atoms with Crippen LogP contribution in [0.2, 0.25) is 0 Å². The molecule has 2 aromatic rings. The zero-order valence-electron chi connectivity index (χ0n) is 8.49. The van der Waals surface area contributed by atoms with Crippen LogP contribution in [0.15, 0.2) is 41.3 Å². The number of nitrogens with one attached hydrogen (secondary N) is 2. The van der Waals surface area contributed by atoms with Crippen LogP contribution in [0.5, 0.6) is 0 Å². The van der Waals surface area contributed by atoms with Crippen molar-refractivity contribution in [2.24, 2.45) is 5.73 Å². The highest BCUT2D eigenvalue weighted by atomic mass is 32.1. The Hall–Kier alpha value is -2.01. The summed E-state index contributed by atoms with van der Waals surface area (Å²) in [5.74, 6) is 0.643. The van der Waals surface area contributed by atoms with Crippen molar-refractivity contribution in [1.82, 2.24) is 10.9 Å². The van der Waals surface area contributed by atoms with Crippen LogP contribution in [0.25, 0.3) is 16.7 Å². The van der Waals surface area contributed by atoms with Crippen molar-refractivity contribution < 1.29 is 4.42 Å². The van der Waals surface area contributed by atoms with Crippen molar-refractivity contribution >= 4 is 34.0 Å². The molecule has 0 amide bonds. The molecule has 0 atom stereocenters. The van der Waals surface area contributed by atoms with E-state index in [1.807, 2.05) is 30.3 Å². The van der Waals surface area contributed by atoms with E-state index in [0.717, 1.165) is 11.0 Å². The van der Waals surface area contributed by atoms with E-state index in [4.69, 9.17) is 10.2 Å². The SMILES string of the molecule is C=C(NNC(N)=S)c1cc2ccccc2o1. The molecular weight excluding hydrogens is 222 g/mol. The molecule has 0 unspecified atom stereocenters. The van der Waals surface area contributed by atoms with E-state index in [0.29, 0.717) is 11.5 Å². The van der Waals surface area contributed by atoms with Crippen molar-refractivity contribution in [2.75, 3.05) is 0 Å². The summed E-state index contributed by atoms with van der Waals surface area (Å²) in [7, 11) is 0. The lowest BCUT2D eigenvalue weighted by Gasteiger charge is -2.07. The summed E-state index contributed by atoms with van der Waals surface area (Å²) in [6.45, 7) is 3.81. The Labute approximate surface area is 98.1 Å². The van der Waals surface area contributed by atoms with E-state index < -0.39 is 0 Å². The van der Waals surface area contributed by atoms with Gasteiger partial charge in [0.15, 0.2) is 10.9 Å². The molecule has 5 heteroatoms. The normalized spacial score (nSPS) is 10.0. The molecular formula is C11H11N3OS.